The summed E-state index contributed by atoms with van der Waals surface area (Å²) in [7, 11) is 1.61. The van der Waals surface area contributed by atoms with Crippen molar-refractivity contribution >= 4 is 39.4 Å². The lowest BCUT2D eigenvalue weighted by Gasteiger charge is -2.06. The molecule has 2 aromatic carbocycles. The summed E-state index contributed by atoms with van der Waals surface area (Å²) >= 11 is 1.56. The number of nitrogens with one attached hydrogen (secondary N) is 2. The Kier molecular flexibility index (Phi) is 5.53. The monoisotopic (exact) mass is 406 g/mol. The number of hydrogen-bond donors (Lipinski definition) is 2. The van der Waals surface area contributed by atoms with E-state index in [9.17, 15) is 4.79 Å². The number of para-hydroxylation sites is 1. The van der Waals surface area contributed by atoms with E-state index >= 15 is 0 Å². The number of anilines is 1. The Morgan fingerprint density at radius 3 is 2.79 bits per heavy atom. The second kappa shape index (κ2) is 8.57. The van der Waals surface area contributed by atoms with Crippen LogP contribution in [0.25, 0.3) is 21.0 Å². The van der Waals surface area contributed by atoms with E-state index < -0.39 is 0 Å². The summed E-state index contributed by atoms with van der Waals surface area (Å²) in [5, 5.41) is 7.75. The molecule has 146 valence electrons. The molecule has 1 amide bonds. The number of aromatic nitrogens is 1. The van der Waals surface area contributed by atoms with Gasteiger partial charge in [0.1, 0.15) is 11.5 Å². The van der Waals surface area contributed by atoms with Crippen LogP contribution in [0.3, 0.4) is 0 Å². The molecule has 0 aliphatic carbocycles. The molecule has 2 heterocycles. The maximum absolute atomic E-state index is 11.9. The highest BCUT2D eigenvalue weighted by molar-refractivity contribution is 7.21. The molecule has 29 heavy (non-hydrogen) atoms. The number of furan rings is 1. The van der Waals surface area contributed by atoms with Crippen LogP contribution in [0, 0.1) is 0 Å². The van der Waals surface area contributed by atoms with Crippen molar-refractivity contribution in [3.05, 3.63) is 66.4 Å². The first kappa shape index (κ1) is 18.7. The highest BCUT2D eigenvalue weighted by atomic mass is 32.1. The third-order valence-electron chi connectivity index (χ3n) is 4.06. The number of hydrazone groups is 1. The molecular weight excluding hydrogens is 388 g/mol. The molecule has 0 fully saturated rings. The maximum Gasteiger partial charge on any atom is 0.259 e. The Morgan fingerprint density at radius 1 is 1.17 bits per heavy atom. The van der Waals surface area contributed by atoms with Gasteiger partial charge in [-0.05, 0) is 48.5 Å². The molecule has 0 saturated carbocycles. The van der Waals surface area contributed by atoms with Gasteiger partial charge in [-0.2, -0.15) is 5.10 Å². The van der Waals surface area contributed by atoms with Gasteiger partial charge in [0.2, 0.25) is 0 Å². The first-order valence-corrected chi connectivity index (χ1v) is 9.68. The van der Waals surface area contributed by atoms with Gasteiger partial charge in [0.25, 0.3) is 5.91 Å². The van der Waals surface area contributed by atoms with Crippen LogP contribution in [0.1, 0.15) is 5.76 Å². The second-order valence-electron chi connectivity index (χ2n) is 6.06. The van der Waals surface area contributed by atoms with Gasteiger partial charge in [-0.3, -0.25) is 4.79 Å². The molecule has 0 spiro atoms. The Bertz CT molecular complexity index is 1120. The standard InChI is InChI=1S/C21H18N4O3S/c1-27-15-8-6-14(7-9-15)22-13-20(26)25-23-12-16-10-11-18(28-16)21-24-17-4-2-3-5-19(17)29-21/h2-12,22H,13H2,1H3,(H,25,26)/b23-12-. The van der Waals surface area contributed by atoms with E-state index in [2.05, 4.69) is 20.8 Å². The average molecular weight is 406 g/mol. The predicted octanol–water partition coefficient (Wildman–Crippen LogP) is 4.13. The van der Waals surface area contributed by atoms with Gasteiger partial charge < -0.3 is 14.5 Å². The van der Waals surface area contributed by atoms with Crippen LogP contribution in [0.4, 0.5) is 5.69 Å². The minimum atomic E-state index is -0.268. The number of thiazole rings is 1. The molecule has 4 aromatic rings. The molecule has 2 N–H and O–H groups in total. The van der Waals surface area contributed by atoms with Gasteiger partial charge in [-0.25, -0.2) is 10.4 Å². The lowest BCUT2D eigenvalue weighted by atomic mass is 10.3. The molecule has 0 saturated heterocycles. The van der Waals surface area contributed by atoms with Gasteiger partial charge in [0.15, 0.2) is 10.8 Å². The number of ether oxygens (including phenoxy) is 1. The van der Waals surface area contributed by atoms with Gasteiger partial charge in [-0.1, -0.05) is 12.1 Å². The Labute approximate surface area is 171 Å². The zero-order valence-electron chi connectivity index (χ0n) is 15.6. The number of carbonyl (C=O) groups is 1. The largest absolute Gasteiger partial charge is 0.497 e. The van der Waals surface area contributed by atoms with Gasteiger partial charge >= 0.3 is 0 Å². The van der Waals surface area contributed by atoms with Gasteiger partial charge in [0, 0.05) is 5.69 Å². The highest BCUT2D eigenvalue weighted by Crippen LogP contribution is 2.30. The SMILES string of the molecule is COc1ccc(NCC(=O)N/N=C\c2ccc(-c3nc4ccccc4s3)o2)cc1. The summed E-state index contributed by atoms with van der Waals surface area (Å²) in [6, 6.07) is 18.9. The zero-order chi connectivity index (χ0) is 20.1. The van der Waals surface area contributed by atoms with Crippen LogP contribution in [0.2, 0.25) is 0 Å². The highest BCUT2D eigenvalue weighted by Gasteiger charge is 2.09. The molecule has 7 nitrogen and oxygen atoms in total. The number of rotatable bonds is 7. The average Bonchev–Trinajstić information content (AvgIpc) is 3.39. The number of benzene rings is 2. The van der Waals surface area contributed by atoms with Crippen molar-refractivity contribution in [2.75, 3.05) is 19.0 Å². The van der Waals surface area contributed by atoms with Crippen molar-refractivity contribution in [1.29, 1.82) is 0 Å². The van der Waals surface area contributed by atoms with Crippen LogP contribution in [-0.2, 0) is 4.79 Å². The van der Waals surface area contributed by atoms with E-state index in [0.717, 1.165) is 26.7 Å². The number of carbonyl (C=O) groups excluding carboxylic acids is 1. The van der Waals surface area contributed by atoms with E-state index in [4.69, 9.17) is 9.15 Å². The van der Waals surface area contributed by atoms with Crippen LogP contribution in [-0.4, -0.2) is 30.8 Å². The fourth-order valence-corrected chi connectivity index (χ4v) is 3.54. The van der Waals surface area contributed by atoms with E-state index in [1.165, 1.54) is 6.21 Å². The molecule has 4 rings (SSSR count). The molecule has 0 atom stereocenters. The number of fused-ring (bicyclic) bond motifs is 1. The maximum atomic E-state index is 11.9. The molecule has 0 unspecified atom stereocenters. The van der Waals surface area contributed by atoms with E-state index in [-0.39, 0.29) is 12.5 Å². The quantitative estimate of drug-likeness (QED) is 0.356. The lowest BCUT2D eigenvalue weighted by molar-refractivity contribution is -0.119. The number of methoxy groups -OCH3 is 1. The summed E-state index contributed by atoms with van der Waals surface area (Å²) < 4.78 is 12.0. The summed E-state index contributed by atoms with van der Waals surface area (Å²) in [5.41, 5.74) is 4.22. The summed E-state index contributed by atoms with van der Waals surface area (Å²) in [6.45, 7) is 0.0960. The molecule has 0 aliphatic rings. The molecule has 8 heteroatoms. The number of hydrogen-bond acceptors (Lipinski definition) is 7. The van der Waals surface area contributed by atoms with Crippen molar-refractivity contribution in [2.45, 2.75) is 0 Å². The molecule has 2 aromatic heterocycles. The van der Waals surface area contributed by atoms with Crippen molar-refractivity contribution in [3.63, 3.8) is 0 Å². The third kappa shape index (κ3) is 4.61. The fraction of sp³-hybridized carbons (Fsp3) is 0.0952. The molecule has 0 bridgehead atoms. The predicted molar refractivity (Wildman–Crippen MR) is 115 cm³/mol. The Hall–Kier alpha value is -3.65. The molecule has 0 aliphatic heterocycles. The van der Waals surface area contributed by atoms with E-state index in [0.29, 0.717) is 11.5 Å². The van der Waals surface area contributed by atoms with Gasteiger partial charge in [0.05, 0.1) is 30.1 Å². The minimum absolute atomic E-state index is 0.0960. The zero-order valence-corrected chi connectivity index (χ0v) is 16.4. The summed E-state index contributed by atoms with van der Waals surface area (Å²) in [6.07, 6.45) is 1.46. The van der Waals surface area contributed by atoms with E-state index in [1.54, 1.807) is 24.5 Å². The first-order chi connectivity index (χ1) is 14.2. The normalized spacial score (nSPS) is 11.1. The minimum Gasteiger partial charge on any atom is -0.497 e. The summed E-state index contributed by atoms with van der Waals surface area (Å²) in [5.74, 6) is 1.69. The van der Waals surface area contributed by atoms with Crippen molar-refractivity contribution in [2.24, 2.45) is 5.10 Å². The lowest BCUT2D eigenvalue weighted by Crippen LogP contribution is -2.25. The topological polar surface area (TPSA) is 88.8 Å². The number of nitrogens with zero attached hydrogens (tertiary/aromatic N) is 2. The first-order valence-electron chi connectivity index (χ1n) is 8.87. The second-order valence-corrected chi connectivity index (χ2v) is 7.09. The third-order valence-corrected chi connectivity index (χ3v) is 5.11. The number of amides is 1. The van der Waals surface area contributed by atoms with Crippen LogP contribution >= 0.6 is 11.3 Å². The van der Waals surface area contributed by atoms with E-state index in [1.807, 2.05) is 54.6 Å². The molecular formula is C21H18N4O3S. The Morgan fingerprint density at radius 2 is 2.00 bits per heavy atom. The van der Waals surface area contributed by atoms with Crippen LogP contribution < -0.4 is 15.5 Å². The van der Waals surface area contributed by atoms with Crippen molar-refractivity contribution in [3.8, 4) is 16.5 Å². The summed E-state index contributed by atoms with van der Waals surface area (Å²) in [4.78, 5) is 16.5. The Balaban J connectivity index is 1.30. The van der Waals surface area contributed by atoms with Crippen LogP contribution in [0.15, 0.2) is 70.2 Å². The van der Waals surface area contributed by atoms with Crippen molar-refractivity contribution < 1.29 is 13.9 Å². The smallest absolute Gasteiger partial charge is 0.259 e. The van der Waals surface area contributed by atoms with Crippen LogP contribution in [0.5, 0.6) is 5.75 Å². The van der Waals surface area contributed by atoms with Gasteiger partial charge in [-0.15, -0.1) is 11.3 Å². The fourth-order valence-electron chi connectivity index (χ4n) is 2.61. The molecule has 0 radical (unpaired) electrons. The van der Waals surface area contributed by atoms with Crippen molar-refractivity contribution in [1.82, 2.24) is 10.4 Å².